The van der Waals surface area contributed by atoms with Crippen LogP contribution in [0.5, 0.6) is 0 Å². The van der Waals surface area contributed by atoms with Gasteiger partial charge in [0.05, 0.1) is 27.7 Å². The molecule has 0 saturated carbocycles. The van der Waals surface area contributed by atoms with Gasteiger partial charge in [0.15, 0.2) is 0 Å². The van der Waals surface area contributed by atoms with E-state index in [9.17, 15) is 0 Å². The number of nitrogens with two attached hydrogens (primary N) is 1. The van der Waals surface area contributed by atoms with Gasteiger partial charge in [0.1, 0.15) is 0 Å². The quantitative estimate of drug-likeness (QED) is 0.180. The third kappa shape index (κ3) is 4.25. The molecule has 0 radical (unpaired) electrons. The molecule has 0 amide bonds. The molecular formula is C52H40N2S. The molecule has 0 fully saturated rings. The van der Waals surface area contributed by atoms with Crippen LogP contribution in [0.1, 0.15) is 38.9 Å². The lowest BCUT2D eigenvalue weighted by Crippen LogP contribution is -2.39. The van der Waals surface area contributed by atoms with E-state index in [-0.39, 0.29) is 0 Å². The Kier molecular flexibility index (Phi) is 6.86. The Morgan fingerprint density at radius 3 is 1.75 bits per heavy atom. The van der Waals surface area contributed by atoms with Crippen LogP contribution in [0.2, 0.25) is 0 Å². The second-order valence-corrected chi connectivity index (χ2v) is 19.0. The number of rotatable bonds is 4. The maximum atomic E-state index is 7.46. The summed E-state index contributed by atoms with van der Waals surface area (Å²) in [6.45, 7) is 0. The van der Waals surface area contributed by atoms with Crippen molar-refractivity contribution in [3.63, 3.8) is 0 Å². The third-order valence-electron chi connectivity index (χ3n) is 12.6. The normalized spacial score (nSPS) is 17.1. The van der Waals surface area contributed by atoms with Crippen LogP contribution in [-0.2, 0) is 11.0 Å². The van der Waals surface area contributed by atoms with E-state index in [2.05, 4.69) is 199 Å². The summed E-state index contributed by atoms with van der Waals surface area (Å²) in [6, 6.07) is 71.5. The predicted molar refractivity (Wildman–Crippen MR) is 231 cm³/mol. The molecule has 55 heavy (non-hydrogen) atoms. The van der Waals surface area contributed by atoms with Gasteiger partial charge < -0.3 is 10.3 Å². The maximum Gasteiger partial charge on any atom is 0.0922 e. The maximum absolute atomic E-state index is 7.46. The molecule has 1 aromatic heterocycles. The van der Waals surface area contributed by atoms with E-state index in [1.165, 1.54) is 70.7 Å². The van der Waals surface area contributed by atoms with E-state index in [0.29, 0.717) is 0 Å². The van der Waals surface area contributed by atoms with Crippen molar-refractivity contribution in [2.75, 3.05) is 12.5 Å². The summed E-state index contributed by atoms with van der Waals surface area (Å²) in [7, 11) is -1.36. The highest BCUT2D eigenvalue weighted by Gasteiger charge is 2.51. The molecule has 3 heterocycles. The van der Waals surface area contributed by atoms with Crippen LogP contribution in [0.4, 0.5) is 0 Å². The van der Waals surface area contributed by atoms with Crippen LogP contribution >= 0.6 is 10.0 Å². The van der Waals surface area contributed by atoms with Gasteiger partial charge in [0.2, 0.25) is 0 Å². The fraction of sp³-hybridized carbons (Fsp3) is 0.0769. The number of fused-ring (bicyclic) bond motifs is 11. The average molecular weight is 725 g/mol. The molecule has 2 aliphatic rings. The SMILES string of the molecule is CS1(C)c2ccccc2C2(c3ccccc3-n3c4ccccc4c4cccc2c43)c2cc(-c3ccc(C(N)(c4ccccc4)c4ccccc4)cc3)ccc21. The molecule has 8 aromatic carbocycles. The lowest BCUT2D eigenvalue weighted by molar-refractivity contribution is 0.653. The molecule has 0 bridgehead atoms. The molecule has 2 nitrogen and oxygen atoms in total. The largest absolute Gasteiger partial charge is 0.314 e. The molecule has 3 heteroatoms. The molecule has 0 saturated heterocycles. The first-order valence-corrected chi connectivity index (χ1v) is 21.5. The lowest BCUT2D eigenvalue weighted by Gasteiger charge is -2.52. The predicted octanol–water partition coefficient (Wildman–Crippen LogP) is 12.2. The highest BCUT2D eigenvalue weighted by atomic mass is 32.3. The zero-order chi connectivity index (χ0) is 36.9. The van der Waals surface area contributed by atoms with Crippen molar-refractivity contribution < 1.29 is 0 Å². The fourth-order valence-electron chi connectivity index (χ4n) is 10.0. The van der Waals surface area contributed by atoms with Crippen LogP contribution in [0, 0.1) is 0 Å². The number of hydrogen-bond donors (Lipinski definition) is 1. The number of hydrogen-bond acceptors (Lipinski definition) is 1. The van der Waals surface area contributed by atoms with Gasteiger partial charge in [-0.25, -0.2) is 0 Å². The van der Waals surface area contributed by atoms with Gasteiger partial charge in [-0.15, -0.1) is 0 Å². The van der Waals surface area contributed by atoms with E-state index in [1.54, 1.807) is 0 Å². The Morgan fingerprint density at radius 1 is 0.455 bits per heavy atom. The molecule has 2 aliphatic heterocycles. The first-order valence-electron chi connectivity index (χ1n) is 19.0. The fourth-order valence-corrected chi connectivity index (χ4v) is 12.6. The zero-order valence-corrected chi connectivity index (χ0v) is 31.7. The van der Waals surface area contributed by atoms with Crippen LogP contribution in [0.3, 0.4) is 0 Å². The van der Waals surface area contributed by atoms with E-state index in [0.717, 1.165) is 16.7 Å². The monoisotopic (exact) mass is 724 g/mol. The van der Waals surface area contributed by atoms with Gasteiger partial charge in [-0.3, -0.25) is 0 Å². The second-order valence-electron chi connectivity index (χ2n) is 15.5. The van der Waals surface area contributed by atoms with Crippen molar-refractivity contribution in [2.24, 2.45) is 5.73 Å². The Morgan fingerprint density at radius 2 is 1.00 bits per heavy atom. The average Bonchev–Trinajstić information content (AvgIpc) is 3.59. The molecule has 264 valence electrons. The van der Waals surface area contributed by atoms with Gasteiger partial charge in [0.25, 0.3) is 0 Å². The summed E-state index contributed by atoms with van der Waals surface area (Å²) in [5.74, 6) is 0. The molecule has 1 unspecified atom stereocenters. The molecule has 11 rings (SSSR count). The topological polar surface area (TPSA) is 30.9 Å². The molecule has 1 atom stereocenters. The summed E-state index contributed by atoms with van der Waals surface area (Å²) < 4.78 is 2.52. The van der Waals surface area contributed by atoms with Gasteiger partial charge in [-0.1, -0.05) is 164 Å². The van der Waals surface area contributed by atoms with Crippen molar-refractivity contribution in [2.45, 2.75) is 20.7 Å². The minimum Gasteiger partial charge on any atom is -0.314 e. The minimum atomic E-state index is -1.36. The standard InChI is InChI=1S/C52H40N2S/c1-55(2)48-27-14-11-23-43(48)51(42-22-10-13-26-47(42)54-46-25-12-9-20-40(46)41-21-15-24-44(51)50(41)54)45-34-36(30-33-49(45)55)35-28-31-39(32-29-35)52(53,37-16-5-3-6-17-37)38-18-7-4-8-19-38/h3-34H,53H2,1-2H3. The summed E-state index contributed by atoms with van der Waals surface area (Å²) in [5, 5.41) is 2.59. The number of nitrogens with zero attached hydrogens (tertiary/aromatic N) is 1. The lowest BCUT2D eigenvalue weighted by atomic mass is 9.62. The van der Waals surface area contributed by atoms with Crippen molar-refractivity contribution in [3.05, 3.63) is 233 Å². The Bertz CT molecular complexity index is 2920. The van der Waals surface area contributed by atoms with Gasteiger partial charge in [0, 0.05) is 10.8 Å². The third-order valence-corrected chi connectivity index (χ3v) is 15.5. The second kappa shape index (κ2) is 11.7. The molecule has 9 aromatic rings. The summed E-state index contributed by atoms with van der Waals surface area (Å²) >= 11 is 0. The van der Waals surface area contributed by atoms with Crippen LogP contribution < -0.4 is 5.73 Å². The van der Waals surface area contributed by atoms with E-state index >= 15 is 0 Å². The van der Waals surface area contributed by atoms with Crippen molar-refractivity contribution in [1.82, 2.24) is 4.57 Å². The zero-order valence-electron chi connectivity index (χ0n) is 30.9. The Labute approximate surface area is 323 Å². The molecule has 1 spiro atoms. The summed E-state index contributed by atoms with van der Waals surface area (Å²) in [6.07, 6.45) is 4.96. The number of aromatic nitrogens is 1. The first-order chi connectivity index (χ1) is 26.9. The van der Waals surface area contributed by atoms with Gasteiger partial charge >= 0.3 is 0 Å². The van der Waals surface area contributed by atoms with Crippen LogP contribution in [0.15, 0.2) is 204 Å². The number of benzene rings is 8. The molecular weight excluding hydrogens is 685 g/mol. The van der Waals surface area contributed by atoms with E-state index < -0.39 is 21.0 Å². The first kappa shape index (κ1) is 32.3. The molecule has 2 N–H and O–H groups in total. The number of para-hydroxylation sites is 3. The Hall–Kier alpha value is -6.13. The van der Waals surface area contributed by atoms with E-state index in [1.807, 2.05) is 12.1 Å². The van der Waals surface area contributed by atoms with Gasteiger partial charge in [-0.2, -0.15) is 10.0 Å². The van der Waals surface area contributed by atoms with Gasteiger partial charge in [-0.05, 0) is 103 Å². The minimum absolute atomic E-state index is 0.516. The smallest absolute Gasteiger partial charge is 0.0922 e. The van der Waals surface area contributed by atoms with Crippen molar-refractivity contribution >= 4 is 31.8 Å². The summed E-state index contributed by atoms with van der Waals surface area (Å²) in [5.41, 5.74) is 21.0. The highest BCUT2D eigenvalue weighted by Crippen LogP contribution is 2.70. The van der Waals surface area contributed by atoms with Crippen molar-refractivity contribution in [1.29, 1.82) is 0 Å². The molecule has 0 aliphatic carbocycles. The summed E-state index contributed by atoms with van der Waals surface area (Å²) in [4.78, 5) is 2.90. The van der Waals surface area contributed by atoms with Crippen LogP contribution in [0.25, 0.3) is 38.6 Å². The van der Waals surface area contributed by atoms with Crippen LogP contribution in [-0.4, -0.2) is 17.1 Å². The Balaban J connectivity index is 1.18. The highest BCUT2D eigenvalue weighted by molar-refractivity contribution is 8.32. The van der Waals surface area contributed by atoms with E-state index in [4.69, 9.17) is 5.73 Å². The van der Waals surface area contributed by atoms with Crippen molar-refractivity contribution in [3.8, 4) is 16.8 Å².